The molecule has 138 valence electrons. The summed E-state index contributed by atoms with van der Waals surface area (Å²) in [6.07, 6.45) is 2.03. The molecule has 0 fully saturated rings. The van der Waals surface area contributed by atoms with Gasteiger partial charge in [0.1, 0.15) is 17.2 Å². The van der Waals surface area contributed by atoms with Crippen LogP contribution in [-0.4, -0.2) is 22.2 Å². The second-order valence-corrected chi connectivity index (χ2v) is 7.26. The zero-order valence-corrected chi connectivity index (χ0v) is 15.6. The van der Waals surface area contributed by atoms with Gasteiger partial charge in [-0.25, -0.2) is 9.64 Å². The number of para-hydroxylation sites is 1. The first kappa shape index (κ1) is 17.8. The number of nitrogens with zero attached hydrogens (tertiary/aromatic N) is 2. The lowest BCUT2D eigenvalue weighted by molar-refractivity contribution is 0.0702. The van der Waals surface area contributed by atoms with Gasteiger partial charge in [-0.2, -0.15) is 0 Å². The van der Waals surface area contributed by atoms with Crippen molar-refractivity contribution in [2.45, 2.75) is 6.54 Å². The molecule has 0 amide bonds. The van der Waals surface area contributed by atoms with Crippen molar-refractivity contribution in [2.24, 2.45) is 0 Å². The number of rotatable bonds is 6. The molecule has 0 aliphatic heterocycles. The zero-order chi connectivity index (χ0) is 19.5. The summed E-state index contributed by atoms with van der Waals surface area (Å²) >= 11 is 1.19. The number of carboxylic acid groups (broad SMARTS) is 1. The summed E-state index contributed by atoms with van der Waals surface area (Å²) in [5, 5.41) is 10.3. The maximum Gasteiger partial charge on any atom is 0.345 e. The molecule has 1 N–H and O–H groups in total. The Balaban J connectivity index is 1.48. The van der Waals surface area contributed by atoms with Crippen molar-refractivity contribution in [3.05, 3.63) is 83.2 Å². The zero-order valence-electron chi connectivity index (χ0n) is 14.8. The largest absolute Gasteiger partial charge is 0.503 e. The molecule has 0 aliphatic carbocycles. The molecule has 4 aromatic rings. The van der Waals surface area contributed by atoms with Gasteiger partial charge in [0.05, 0.1) is 13.1 Å². The predicted octanol–water partition coefficient (Wildman–Crippen LogP) is 5.70. The predicted molar refractivity (Wildman–Crippen MR) is 110 cm³/mol. The maximum absolute atomic E-state index is 11.1. The molecule has 4 rings (SSSR count). The average molecular weight is 388 g/mol. The van der Waals surface area contributed by atoms with Crippen LogP contribution in [0.15, 0.2) is 66.9 Å². The van der Waals surface area contributed by atoms with Crippen LogP contribution >= 0.6 is 11.3 Å². The quantitative estimate of drug-likeness (QED) is 0.431. The van der Waals surface area contributed by atoms with E-state index in [1.165, 1.54) is 16.7 Å². The molecule has 0 bridgehead atoms. The fourth-order valence-electron chi connectivity index (χ4n) is 3.08. The number of hydrogen-bond donors (Lipinski definition) is 1. The molecule has 0 aliphatic rings. The summed E-state index contributed by atoms with van der Waals surface area (Å²) < 4.78 is 7.98. The molecule has 6 heteroatoms. The molecule has 0 saturated carbocycles. The molecule has 2 aromatic heterocycles. The number of carbonyl (C=O) groups is 1. The van der Waals surface area contributed by atoms with Crippen LogP contribution in [-0.2, 0) is 6.54 Å². The van der Waals surface area contributed by atoms with E-state index in [-0.39, 0.29) is 4.88 Å². The Morgan fingerprint density at radius 1 is 1.14 bits per heavy atom. The van der Waals surface area contributed by atoms with E-state index in [2.05, 4.69) is 27.6 Å². The SMILES string of the molecule is [C-]#[N+]c1cc(-c2ccc(C(=O)O)s2)ccc1OCCn1ccc2ccccc21. The highest BCUT2D eigenvalue weighted by molar-refractivity contribution is 7.17. The van der Waals surface area contributed by atoms with Gasteiger partial charge in [0.25, 0.3) is 0 Å². The van der Waals surface area contributed by atoms with E-state index in [1.807, 2.05) is 24.4 Å². The van der Waals surface area contributed by atoms with Crippen molar-refractivity contribution in [3.63, 3.8) is 0 Å². The highest BCUT2D eigenvalue weighted by Crippen LogP contribution is 2.36. The molecule has 0 saturated heterocycles. The van der Waals surface area contributed by atoms with Crippen LogP contribution in [0.5, 0.6) is 5.75 Å². The highest BCUT2D eigenvalue weighted by atomic mass is 32.1. The summed E-state index contributed by atoms with van der Waals surface area (Å²) in [5.41, 5.74) is 2.38. The van der Waals surface area contributed by atoms with Crippen LogP contribution in [0.3, 0.4) is 0 Å². The van der Waals surface area contributed by atoms with Crippen molar-refractivity contribution >= 4 is 33.9 Å². The van der Waals surface area contributed by atoms with Gasteiger partial charge in [0.2, 0.25) is 5.69 Å². The third kappa shape index (κ3) is 3.48. The topological polar surface area (TPSA) is 55.8 Å². The van der Waals surface area contributed by atoms with Gasteiger partial charge in [0, 0.05) is 16.6 Å². The van der Waals surface area contributed by atoms with Crippen molar-refractivity contribution in [2.75, 3.05) is 6.61 Å². The standard InChI is InChI=1S/C22H16N2O3S/c1-23-17-14-16(20-8-9-21(28-20)22(25)26)6-7-19(17)27-13-12-24-11-10-15-4-2-3-5-18(15)24/h2-11,14H,12-13H2,(H,25,26). The Bertz CT molecular complexity index is 1200. The first-order valence-electron chi connectivity index (χ1n) is 8.67. The van der Waals surface area contributed by atoms with E-state index in [9.17, 15) is 4.79 Å². The molecule has 2 aromatic carbocycles. The fourth-order valence-corrected chi connectivity index (χ4v) is 3.92. The van der Waals surface area contributed by atoms with E-state index in [0.29, 0.717) is 24.6 Å². The van der Waals surface area contributed by atoms with E-state index >= 15 is 0 Å². The first-order chi connectivity index (χ1) is 13.7. The minimum absolute atomic E-state index is 0.277. The van der Waals surface area contributed by atoms with Crippen LogP contribution in [0.2, 0.25) is 0 Å². The van der Waals surface area contributed by atoms with Gasteiger partial charge in [-0.3, -0.25) is 0 Å². The molecular weight excluding hydrogens is 372 g/mol. The first-order valence-corrected chi connectivity index (χ1v) is 9.49. The summed E-state index contributed by atoms with van der Waals surface area (Å²) in [5.74, 6) is -0.413. The summed E-state index contributed by atoms with van der Waals surface area (Å²) in [6, 6.07) is 18.9. The molecule has 28 heavy (non-hydrogen) atoms. The molecule has 0 radical (unpaired) electrons. The van der Waals surface area contributed by atoms with E-state index < -0.39 is 5.97 Å². The maximum atomic E-state index is 11.1. The van der Waals surface area contributed by atoms with Crippen molar-refractivity contribution in [1.29, 1.82) is 0 Å². The second-order valence-electron chi connectivity index (χ2n) is 6.18. The van der Waals surface area contributed by atoms with Gasteiger partial charge < -0.3 is 14.4 Å². The molecular formula is C22H16N2O3S. The Morgan fingerprint density at radius 2 is 2.00 bits per heavy atom. The van der Waals surface area contributed by atoms with Crippen LogP contribution in [0.4, 0.5) is 5.69 Å². The number of fused-ring (bicyclic) bond motifs is 1. The van der Waals surface area contributed by atoms with Gasteiger partial charge in [0.15, 0.2) is 0 Å². The smallest absolute Gasteiger partial charge is 0.345 e. The second kappa shape index (κ2) is 7.59. The number of benzene rings is 2. The Morgan fingerprint density at radius 3 is 2.79 bits per heavy atom. The van der Waals surface area contributed by atoms with E-state index in [4.69, 9.17) is 16.4 Å². The number of aromatic nitrogens is 1. The van der Waals surface area contributed by atoms with Crippen LogP contribution in [0.25, 0.3) is 26.2 Å². The van der Waals surface area contributed by atoms with E-state index in [1.54, 1.807) is 24.3 Å². The third-order valence-electron chi connectivity index (χ3n) is 4.45. The lowest BCUT2D eigenvalue weighted by Gasteiger charge is -2.11. The van der Waals surface area contributed by atoms with Crippen molar-refractivity contribution in [3.8, 4) is 16.2 Å². The average Bonchev–Trinajstić information content (AvgIpc) is 3.36. The van der Waals surface area contributed by atoms with Gasteiger partial charge >= 0.3 is 5.97 Å². The van der Waals surface area contributed by atoms with Crippen LogP contribution in [0.1, 0.15) is 9.67 Å². The third-order valence-corrected chi connectivity index (χ3v) is 5.57. The summed E-state index contributed by atoms with van der Waals surface area (Å²) in [7, 11) is 0. The lowest BCUT2D eigenvalue weighted by Crippen LogP contribution is -2.07. The fraction of sp³-hybridized carbons (Fsp3) is 0.0909. The molecule has 0 atom stereocenters. The number of ether oxygens (including phenoxy) is 1. The Labute approximate surface area is 165 Å². The van der Waals surface area contributed by atoms with Crippen molar-refractivity contribution < 1.29 is 14.6 Å². The number of thiophene rings is 1. The molecule has 5 nitrogen and oxygen atoms in total. The van der Waals surface area contributed by atoms with Crippen LogP contribution < -0.4 is 4.74 Å². The Kier molecular flexibility index (Phi) is 4.83. The van der Waals surface area contributed by atoms with E-state index in [0.717, 1.165) is 16.0 Å². The molecule has 0 unspecified atom stereocenters. The summed E-state index contributed by atoms with van der Waals surface area (Å²) in [6.45, 7) is 8.58. The number of hydrogen-bond acceptors (Lipinski definition) is 3. The Hall–Kier alpha value is -3.56. The number of carboxylic acids is 1. The molecule has 0 spiro atoms. The van der Waals surface area contributed by atoms with Gasteiger partial charge in [-0.05, 0) is 47.3 Å². The highest BCUT2D eigenvalue weighted by Gasteiger charge is 2.11. The van der Waals surface area contributed by atoms with Gasteiger partial charge in [-0.1, -0.05) is 24.3 Å². The van der Waals surface area contributed by atoms with Crippen molar-refractivity contribution in [1.82, 2.24) is 4.57 Å². The monoisotopic (exact) mass is 388 g/mol. The number of aromatic carboxylic acids is 1. The lowest BCUT2D eigenvalue weighted by atomic mass is 10.1. The summed E-state index contributed by atoms with van der Waals surface area (Å²) in [4.78, 5) is 15.7. The van der Waals surface area contributed by atoms with Gasteiger partial charge in [-0.15, -0.1) is 11.3 Å². The minimum atomic E-state index is -0.945. The minimum Gasteiger partial charge on any atom is -0.503 e. The normalized spacial score (nSPS) is 10.7. The molecule has 2 heterocycles. The van der Waals surface area contributed by atoms with Crippen LogP contribution in [0, 0.1) is 6.57 Å².